The minimum atomic E-state index is 0.396. The molecule has 2 aliphatic rings. The highest BCUT2D eigenvalue weighted by Gasteiger charge is 2.50. The van der Waals surface area contributed by atoms with Crippen molar-refractivity contribution >= 4 is 0 Å². The molecular formula is C13H23N. The second-order valence-electron chi connectivity index (χ2n) is 6.05. The quantitative estimate of drug-likeness (QED) is 0.534. The zero-order valence-electron chi connectivity index (χ0n) is 9.90. The van der Waals surface area contributed by atoms with Crippen LogP contribution in [-0.2, 0) is 0 Å². The third-order valence-electron chi connectivity index (χ3n) is 4.30. The summed E-state index contributed by atoms with van der Waals surface area (Å²) in [5.41, 5.74) is 2.30. The molecule has 1 heteroatoms. The fraction of sp³-hybridized carbons (Fsp3) is 0.846. The van der Waals surface area contributed by atoms with Crippen LogP contribution in [0.25, 0.3) is 0 Å². The lowest BCUT2D eigenvalue weighted by molar-refractivity contribution is 0.0124. The molecular weight excluding hydrogens is 170 g/mol. The molecule has 14 heavy (non-hydrogen) atoms. The molecule has 0 N–H and O–H groups in total. The van der Waals surface area contributed by atoms with E-state index in [0.717, 1.165) is 0 Å². The van der Waals surface area contributed by atoms with Gasteiger partial charge in [0.2, 0.25) is 0 Å². The van der Waals surface area contributed by atoms with E-state index in [9.17, 15) is 0 Å². The Balaban J connectivity index is 2.31. The first-order valence-electron chi connectivity index (χ1n) is 5.87. The Bertz CT molecular complexity index is 248. The van der Waals surface area contributed by atoms with Crippen LogP contribution >= 0.6 is 0 Å². The van der Waals surface area contributed by atoms with E-state index >= 15 is 0 Å². The molecule has 2 aliphatic heterocycles. The summed E-state index contributed by atoms with van der Waals surface area (Å²) in [7, 11) is 0. The lowest BCUT2D eigenvalue weighted by Gasteiger charge is -2.52. The monoisotopic (exact) mass is 193 g/mol. The first-order valence-corrected chi connectivity index (χ1v) is 5.87. The summed E-state index contributed by atoms with van der Waals surface area (Å²) in [6.07, 6.45) is 5.20. The number of piperidine rings is 1. The summed E-state index contributed by atoms with van der Waals surface area (Å²) < 4.78 is 0. The van der Waals surface area contributed by atoms with Gasteiger partial charge >= 0.3 is 0 Å². The minimum Gasteiger partial charge on any atom is -0.296 e. The Morgan fingerprint density at radius 1 is 1.29 bits per heavy atom. The zero-order chi connectivity index (χ0) is 10.4. The summed E-state index contributed by atoms with van der Waals surface area (Å²) in [6, 6.07) is 0. The fourth-order valence-electron chi connectivity index (χ4n) is 3.37. The lowest BCUT2D eigenvalue weighted by atomic mass is 9.67. The average Bonchev–Trinajstić information content (AvgIpc) is 2.46. The van der Waals surface area contributed by atoms with Gasteiger partial charge in [-0.3, -0.25) is 4.90 Å². The number of fused-ring (bicyclic) bond motifs is 1. The number of nitrogens with zero attached hydrogens (tertiary/aromatic N) is 1. The van der Waals surface area contributed by atoms with Crippen LogP contribution in [0.15, 0.2) is 12.2 Å². The van der Waals surface area contributed by atoms with E-state index < -0.39 is 0 Å². The number of rotatable bonds is 0. The predicted octanol–water partition coefficient (Wildman–Crippen LogP) is 3.22. The van der Waals surface area contributed by atoms with Crippen molar-refractivity contribution in [1.29, 1.82) is 0 Å². The van der Waals surface area contributed by atoms with E-state index in [1.807, 2.05) is 0 Å². The van der Waals surface area contributed by atoms with Gasteiger partial charge in [0, 0.05) is 12.1 Å². The zero-order valence-corrected chi connectivity index (χ0v) is 9.90. The molecule has 0 aromatic carbocycles. The van der Waals surface area contributed by atoms with Gasteiger partial charge in [-0.25, -0.2) is 0 Å². The summed E-state index contributed by atoms with van der Waals surface area (Å²) in [4.78, 5) is 2.72. The summed E-state index contributed by atoms with van der Waals surface area (Å²) in [5, 5.41) is 0. The van der Waals surface area contributed by atoms with Gasteiger partial charge in [-0.1, -0.05) is 32.9 Å². The summed E-state index contributed by atoms with van der Waals surface area (Å²) in [5.74, 6) is 0. The van der Waals surface area contributed by atoms with Crippen molar-refractivity contribution in [3.63, 3.8) is 0 Å². The number of hydrogen-bond donors (Lipinski definition) is 0. The van der Waals surface area contributed by atoms with E-state index in [1.54, 1.807) is 0 Å². The molecule has 2 fully saturated rings. The van der Waals surface area contributed by atoms with E-state index in [1.165, 1.54) is 44.3 Å². The predicted molar refractivity (Wildman–Crippen MR) is 61.4 cm³/mol. The van der Waals surface area contributed by atoms with Crippen molar-refractivity contribution in [3.8, 4) is 0 Å². The molecule has 0 amide bonds. The highest BCUT2D eigenvalue weighted by atomic mass is 15.2. The molecule has 0 radical (unpaired) electrons. The maximum atomic E-state index is 4.21. The van der Waals surface area contributed by atoms with Gasteiger partial charge in [0.15, 0.2) is 0 Å². The molecule has 2 heterocycles. The second kappa shape index (κ2) is 3.10. The van der Waals surface area contributed by atoms with E-state index in [-0.39, 0.29) is 0 Å². The van der Waals surface area contributed by atoms with Crippen molar-refractivity contribution in [3.05, 3.63) is 12.2 Å². The van der Waals surface area contributed by atoms with Crippen molar-refractivity contribution < 1.29 is 0 Å². The molecule has 0 bridgehead atoms. The van der Waals surface area contributed by atoms with Crippen LogP contribution in [0.4, 0.5) is 0 Å². The molecule has 0 aliphatic carbocycles. The molecule has 2 rings (SSSR count). The largest absolute Gasteiger partial charge is 0.296 e. The van der Waals surface area contributed by atoms with E-state index in [4.69, 9.17) is 0 Å². The van der Waals surface area contributed by atoms with Crippen LogP contribution in [0.1, 0.15) is 46.5 Å². The minimum absolute atomic E-state index is 0.396. The molecule has 0 aromatic rings. The van der Waals surface area contributed by atoms with Crippen LogP contribution in [0.5, 0.6) is 0 Å². The Morgan fingerprint density at radius 2 is 2.00 bits per heavy atom. The maximum absolute atomic E-state index is 4.21. The Kier molecular flexibility index (Phi) is 2.26. The van der Waals surface area contributed by atoms with Crippen LogP contribution in [0.2, 0.25) is 0 Å². The van der Waals surface area contributed by atoms with E-state index in [0.29, 0.717) is 11.0 Å². The fourth-order valence-corrected chi connectivity index (χ4v) is 3.37. The Hall–Kier alpha value is -0.300. The Labute approximate surface area is 88.2 Å². The van der Waals surface area contributed by atoms with Gasteiger partial charge in [0.05, 0.1) is 0 Å². The van der Waals surface area contributed by atoms with Gasteiger partial charge in [-0.05, 0) is 37.6 Å². The van der Waals surface area contributed by atoms with Crippen molar-refractivity contribution in [2.75, 3.05) is 13.1 Å². The van der Waals surface area contributed by atoms with Gasteiger partial charge in [0.25, 0.3) is 0 Å². The van der Waals surface area contributed by atoms with Crippen LogP contribution < -0.4 is 0 Å². The number of hydrogen-bond acceptors (Lipinski definition) is 1. The second-order valence-corrected chi connectivity index (χ2v) is 6.05. The van der Waals surface area contributed by atoms with Gasteiger partial charge in [-0.2, -0.15) is 0 Å². The molecule has 2 saturated heterocycles. The molecule has 1 unspecified atom stereocenters. The topological polar surface area (TPSA) is 3.24 Å². The first-order chi connectivity index (χ1) is 6.46. The molecule has 80 valence electrons. The van der Waals surface area contributed by atoms with Crippen molar-refractivity contribution in [1.82, 2.24) is 4.90 Å². The average molecular weight is 193 g/mol. The van der Waals surface area contributed by atoms with Crippen molar-refractivity contribution in [2.45, 2.75) is 52.0 Å². The van der Waals surface area contributed by atoms with Crippen molar-refractivity contribution in [2.24, 2.45) is 5.41 Å². The normalized spacial score (nSPS) is 34.6. The van der Waals surface area contributed by atoms with Gasteiger partial charge in [0.1, 0.15) is 0 Å². The summed E-state index contributed by atoms with van der Waals surface area (Å²) >= 11 is 0. The molecule has 0 aromatic heterocycles. The highest BCUT2D eigenvalue weighted by molar-refractivity contribution is 5.16. The van der Waals surface area contributed by atoms with Crippen LogP contribution in [-0.4, -0.2) is 23.5 Å². The first kappa shape index (κ1) is 10.2. The SMILES string of the molecule is C=C1CCN2CCCC2(C(C)(C)C)C1. The van der Waals surface area contributed by atoms with E-state index in [2.05, 4.69) is 32.3 Å². The highest BCUT2D eigenvalue weighted by Crippen LogP contribution is 2.49. The molecule has 1 nitrogen and oxygen atoms in total. The third-order valence-corrected chi connectivity index (χ3v) is 4.30. The maximum Gasteiger partial charge on any atom is 0.0295 e. The van der Waals surface area contributed by atoms with Gasteiger partial charge in [-0.15, -0.1) is 0 Å². The standard InChI is InChI=1S/C13H23N/c1-11-6-9-14-8-5-7-13(14,10-11)12(2,3)4/h1,5-10H2,2-4H3. The van der Waals surface area contributed by atoms with Crippen LogP contribution in [0.3, 0.4) is 0 Å². The lowest BCUT2D eigenvalue weighted by Crippen LogP contribution is -2.56. The molecule has 0 spiro atoms. The Morgan fingerprint density at radius 3 is 2.64 bits per heavy atom. The summed E-state index contributed by atoms with van der Waals surface area (Å²) in [6.45, 7) is 13.9. The molecule has 0 saturated carbocycles. The van der Waals surface area contributed by atoms with Crippen LogP contribution in [0, 0.1) is 5.41 Å². The smallest absolute Gasteiger partial charge is 0.0295 e. The van der Waals surface area contributed by atoms with Gasteiger partial charge < -0.3 is 0 Å². The molecule has 1 atom stereocenters. The third kappa shape index (κ3) is 1.33.